The number of nitrogens with one attached hydrogen (secondary N) is 2. The molecule has 0 spiro atoms. The third-order valence-corrected chi connectivity index (χ3v) is 4.71. The quantitative estimate of drug-likeness (QED) is 0.723. The number of piperidine rings is 1. The third kappa shape index (κ3) is 4.77. The molecule has 1 saturated carbocycles. The maximum absolute atomic E-state index is 12.1. The van der Waals surface area contributed by atoms with Crippen molar-refractivity contribution in [2.75, 3.05) is 13.1 Å². The van der Waals surface area contributed by atoms with E-state index in [0.29, 0.717) is 18.3 Å². The molecule has 2 fully saturated rings. The summed E-state index contributed by atoms with van der Waals surface area (Å²) in [5.41, 5.74) is 0. The first-order chi connectivity index (χ1) is 9.15. The lowest BCUT2D eigenvalue weighted by Crippen LogP contribution is -2.40. The van der Waals surface area contributed by atoms with Crippen LogP contribution < -0.4 is 10.6 Å². The SMILES string of the molecule is CC(CC(=O)NC1CCC(O)CC1)C1CCCNC1. The van der Waals surface area contributed by atoms with Crippen LogP contribution in [0.3, 0.4) is 0 Å². The fourth-order valence-corrected chi connectivity index (χ4v) is 3.33. The molecule has 1 aliphatic heterocycles. The van der Waals surface area contributed by atoms with Crippen molar-refractivity contribution >= 4 is 5.91 Å². The topological polar surface area (TPSA) is 61.4 Å². The Morgan fingerprint density at radius 1 is 1.32 bits per heavy atom. The smallest absolute Gasteiger partial charge is 0.220 e. The summed E-state index contributed by atoms with van der Waals surface area (Å²) in [7, 11) is 0. The van der Waals surface area contributed by atoms with Gasteiger partial charge in [0.2, 0.25) is 5.91 Å². The van der Waals surface area contributed by atoms with E-state index < -0.39 is 0 Å². The summed E-state index contributed by atoms with van der Waals surface area (Å²) in [6, 6.07) is 0.285. The van der Waals surface area contributed by atoms with E-state index in [1.54, 1.807) is 0 Å². The van der Waals surface area contributed by atoms with Gasteiger partial charge in [0.15, 0.2) is 0 Å². The Hall–Kier alpha value is -0.610. The molecular weight excluding hydrogens is 240 g/mol. The summed E-state index contributed by atoms with van der Waals surface area (Å²) < 4.78 is 0. The minimum absolute atomic E-state index is 0.152. The van der Waals surface area contributed by atoms with Crippen molar-refractivity contribution in [3.05, 3.63) is 0 Å². The number of rotatable bonds is 4. The molecule has 110 valence electrons. The van der Waals surface area contributed by atoms with Gasteiger partial charge in [0.1, 0.15) is 0 Å². The Morgan fingerprint density at radius 3 is 2.68 bits per heavy atom. The van der Waals surface area contributed by atoms with Gasteiger partial charge in [-0.3, -0.25) is 4.79 Å². The van der Waals surface area contributed by atoms with Gasteiger partial charge in [-0.2, -0.15) is 0 Å². The van der Waals surface area contributed by atoms with E-state index in [0.717, 1.165) is 38.8 Å². The number of hydrogen-bond donors (Lipinski definition) is 3. The van der Waals surface area contributed by atoms with Crippen molar-refractivity contribution in [2.45, 2.75) is 64.0 Å². The van der Waals surface area contributed by atoms with Gasteiger partial charge in [-0.15, -0.1) is 0 Å². The van der Waals surface area contributed by atoms with Gasteiger partial charge in [0.25, 0.3) is 0 Å². The fraction of sp³-hybridized carbons (Fsp3) is 0.933. The standard InChI is InChI=1S/C15H28N2O2/c1-11(12-3-2-8-16-10-12)9-15(19)17-13-4-6-14(18)7-5-13/h11-14,16,18H,2-10H2,1H3,(H,17,19). The minimum atomic E-state index is -0.152. The van der Waals surface area contributed by atoms with Gasteiger partial charge in [0, 0.05) is 12.5 Å². The van der Waals surface area contributed by atoms with Crippen LogP contribution in [0.2, 0.25) is 0 Å². The van der Waals surface area contributed by atoms with Gasteiger partial charge in [-0.25, -0.2) is 0 Å². The molecule has 0 radical (unpaired) electrons. The molecule has 4 heteroatoms. The molecule has 0 aromatic carbocycles. The zero-order chi connectivity index (χ0) is 13.7. The molecule has 1 heterocycles. The van der Waals surface area contributed by atoms with Crippen molar-refractivity contribution in [3.8, 4) is 0 Å². The molecule has 2 rings (SSSR count). The van der Waals surface area contributed by atoms with E-state index in [-0.39, 0.29) is 18.1 Å². The summed E-state index contributed by atoms with van der Waals surface area (Å²) in [4.78, 5) is 12.1. The zero-order valence-electron chi connectivity index (χ0n) is 12.0. The highest BCUT2D eigenvalue weighted by Gasteiger charge is 2.24. The monoisotopic (exact) mass is 268 g/mol. The van der Waals surface area contributed by atoms with Crippen LogP contribution in [0.1, 0.15) is 51.9 Å². The van der Waals surface area contributed by atoms with Crippen LogP contribution in [0.25, 0.3) is 0 Å². The van der Waals surface area contributed by atoms with E-state index in [9.17, 15) is 9.90 Å². The number of carbonyl (C=O) groups excluding carboxylic acids is 1. The van der Waals surface area contributed by atoms with Crippen molar-refractivity contribution < 1.29 is 9.90 Å². The summed E-state index contributed by atoms with van der Waals surface area (Å²) in [5.74, 6) is 1.30. The maximum Gasteiger partial charge on any atom is 0.220 e. The van der Waals surface area contributed by atoms with Crippen molar-refractivity contribution in [3.63, 3.8) is 0 Å². The van der Waals surface area contributed by atoms with Gasteiger partial charge in [0.05, 0.1) is 6.10 Å². The van der Waals surface area contributed by atoms with E-state index in [4.69, 9.17) is 0 Å². The molecule has 0 bridgehead atoms. The van der Waals surface area contributed by atoms with Crippen LogP contribution in [0.5, 0.6) is 0 Å². The molecule has 2 aliphatic rings. The normalized spacial score (nSPS) is 33.7. The predicted octanol–water partition coefficient (Wildman–Crippen LogP) is 1.43. The van der Waals surface area contributed by atoms with Crippen LogP contribution in [-0.4, -0.2) is 36.2 Å². The lowest BCUT2D eigenvalue weighted by molar-refractivity contribution is -0.123. The second-order valence-electron chi connectivity index (χ2n) is 6.36. The fourth-order valence-electron chi connectivity index (χ4n) is 3.33. The number of amides is 1. The molecule has 2 atom stereocenters. The highest BCUT2D eigenvalue weighted by atomic mass is 16.3. The van der Waals surface area contributed by atoms with Gasteiger partial charge in [-0.1, -0.05) is 6.92 Å². The minimum Gasteiger partial charge on any atom is -0.393 e. The Labute approximate surface area is 116 Å². The molecule has 2 unspecified atom stereocenters. The Bertz CT molecular complexity index is 282. The number of hydrogen-bond acceptors (Lipinski definition) is 3. The molecule has 4 nitrogen and oxygen atoms in total. The van der Waals surface area contributed by atoms with Crippen molar-refractivity contribution in [1.82, 2.24) is 10.6 Å². The van der Waals surface area contributed by atoms with Crippen molar-refractivity contribution in [1.29, 1.82) is 0 Å². The van der Waals surface area contributed by atoms with Gasteiger partial charge >= 0.3 is 0 Å². The van der Waals surface area contributed by atoms with E-state index in [1.807, 2.05) is 0 Å². The number of aliphatic hydroxyl groups excluding tert-OH is 1. The van der Waals surface area contributed by atoms with E-state index >= 15 is 0 Å². The second kappa shape index (κ2) is 7.25. The Balaban J connectivity index is 1.68. The van der Waals surface area contributed by atoms with Crippen molar-refractivity contribution in [2.24, 2.45) is 11.8 Å². The molecule has 1 amide bonds. The molecule has 3 N–H and O–H groups in total. The van der Waals surface area contributed by atoms with E-state index in [2.05, 4.69) is 17.6 Å². The Kier molecular flexibility index (Phi) is 5.64. The Morgan fingerprint density at radius 2 is 2.05 bits per heavy atom. The van der Waals surface area contributed by atoms with Gasteiger partial charge in [-0.05, 0) is 63.5 Å². The second-order valence-corrected chi connectivity index (χ2v) is 6.36. The molecule has 1 saturated heterocycles. The van der Waals surface area contributed by atoms with Crippen LogP contribution in [0, 0.1) is 11.8 Å². The highest BCUT2D eigenvalue weighted by molar-refractivity contribution is 5.76. The summed E-state index contributed by atoms with van der Waals surface area (Å²) >= 11 is 0. The first kappa shape index (κ1) is 14.8. The van der Waals surface area contributed by atoms with E-state index in [1.165, 1.54) is 12.8 Å². The summed E-state index contributed by atoms with van der Waals surface area (Å²) in [6.45, 7) is 4.38. The number of aliphatic hydroxyl groups is 1. The molecule has 1 aliphatic carbocycles. The zero-order valence-corrected chi connectivity index (χ0v) is 12.0. The average molecular weight is 268 g/mol. The van der Waals surface area contributed by atoms with Crippen LogP contribution in [0.15, 0.2) is 0 Å². The average Bonchev–Trinajstić information content (AvgIpc) is 2.42. The largest absolute Gasteiger partial charge is 0.393 e. The lowest BCUT2D eigenvalue weighted by atomic mass is 9.85. The highest BCUT2D eigenvalue weighted by Crippen LogP contribution is 2.23. The molecule has 0 aromatic rings. The first-order valence-electron chi connectivity index (χ1n) is 7.83. The molecule has 0 aromatic heterocycles. The predicted molar refractivity (Wildman–Crippen MR) is 75.8 cm³/mol. The lowest BCUT2D eigenvalue weighted by Gasteiger charge is -2.30. The van der Waals surface area contributed by atoms with Gasteiger partial charge < -0.3 is 15.7 Å². The summed E-state index contributed by atoms with van der Waals surface area (Å²) in [5, 5.41) is 16.0. The number of carbonyl (C=O) groups is 1. The first-order valence-corrected chi connectivity index (χ1v) is 7.83. The third-order valence-electron chi connectivity index (χ3n) is 4.71. The van der Waals surface area contributed by atoms with Crippen LogP contribution >= 0.6 is 0 Å². The van der Waals surface area contributed by atoms with Crippen LogP contribution in [-0.2, 0) is 4.79 Å². The summed E-state index contributed by atoms with van der Waals surface area (Å²) in [6.07, 6.45) is 6.47. The molecule has 19 heavy (non-hydrogen) atoms. The molecular formula is C15H28N2O2. The maximum atomic E-state index is 12.1. The van der Waals surface area contributed by atoms with Crippen LogP contribution in [0.4, 0.5) is 0 Å².